The Morgan fingerprint density at radius 1 is 1.36 bits per heavy atom. The normalized spacial score (nSPS) is 24.9. The molecule has 5 heteroatoms. The summed E-state index contributed by atoms with van der Waals surface area (Å²) >= 11 is 0. The van der Waals surface area contributed by atoms with E-state index < -0.39 is 0 Å². The van der Waals surface area contributed by atoms with Gasteiger partial charge in [0.15, 0.2) is 6.10 Å². The Balaban J connectivity index is 1.68. The molecule has 14 heavy (non-hydrogen) atoms. The molecule has 2 amide bonds. The van der Waals surface area contributed by atoms with Crippen molar-refractivity contribution in [1.29, 1.82) is 0 Å². The molecule has 0 bridgehead atoms. The van der Waals surface area contributed by atoms with Crippen LogP contribution in [0.15, 0.2) is 0 Å². The van der Waals surface area contributed by atoms with Crippen molar-refractivity contribution in [1.82, 2.24) is 10.2 Å². The number of nitrogens with one attached hydrogen (secondary N) is 1. The zero-order valence-corrected chi connectivity index (χ0v) is 7.99. The van der Waals surface area contributed by atoms with E-state index in [1.807, 2.05) is 0 Å². The molecule has 5 nitrogen and oxygen atoms in total. The first-order valence-corrected chi connectivity index (χ1v) is 4.94. The Kier molecular flexibility index (Phi) is 2.67. The van der Waals surface area contributed by atoms with E-state index in [1.54, 1.807) is 4.90 Å². The summed E-state index contributed by atoms with van der Waals surface area (Å²) in [5, 5.41) is 2.57. The molecule has 1 atom stereocenters. The van der Waals surface area contributed by atoms with Crippen LogP contribution in [-0.4, -0.2) is 49.1 Å². The molecule has 2 saturated heterocycles. The zero-order valence-electron chi connectivity index (χ0n) is 7.99. The quantitative estimate of drug-likeness (QED) is 0.599. The van der Waals surface area contributed by atoms with Gasteiger partial charge in [0.2, 0.25) is 5.91 Å². The first-order valence-electron chi connectivity index (χ1n) is 4.94. The molecule has 78 valence electrons. The molecule has 2 aliphatic rings. The summed E-state index contributed by atoms with van der Waals surface area (Å²) in [6.07, 6.45) is 1.85. The van der Waals surface area contributed by atoms with Gasteiger partial charge < -0.3 is 15.0 Å². The van der Waals surface area contributed by atoms with Crippen molar-refractivity contribution in [2.75, 3.05) is 26.2 Å². The van der Waals surface area contributed by atoms with Crippen LogP contribution < -0.4 is 5.32 Å². The topological polar surface area (TPSA) is 61.9 Å². The van der Waals surface area contributed by atoms with Crippen LogP contribution in [0.1, 0.15) is 12.8 Å². The third-order valence-corrected chi connectivity index (χ3v) is 2.50. The molecular weight excluding hydrogens is 184 g/mol. The van der Waals surface area contributed by atoms with Crippen molar-refractivity contribution >= 4 is 11.8 Å². The average molecular weight is 198 g/mol. The molecule has 0 radical (unpaired) electrons. The van der Waals surface area contributed by atoms with Gasteiger partial charge in [-0.1, -0.05) is 0 Å². The highest BCUT2D eigenvalue weighted by molar-refractivity contribution is 5.88. The number of likely N-dealkylation sites (tertiary alicyclic amines) is 1. The minimum atomic E-state index is -0.304. The number of hydrogen-bond donors (Lipinski definition) is 1. The largest absolute Gasteiger partial charge is 0.363 e. The van der Waals surface area contributed by atoms with Gasteiger partial charge in [-0.2, -0.15) is 0 Å². The van der Waals surface area contributed by atoms with E-state index in [9.17, 15) is 9.59 Å². The lowest BCUT2D eigenvalue weighted by atomic mass is 10.4. The third kappa shape index (κ3) is 2.23. The van der Waals surface area contributed by atoms with Crippen LogP contribution in [0.2, 0.25) is 0 Å². The van der Waals surface area contributed by atoms with E-state index in [4.69, 9.17) is 4.74 Å². The van der Waals surface area contributed by atoms with Gasteiger partial charge in [-0.15, -0.1) is 0 Å². The van der Waals surface area contributed by atoms with Crippen molar-refractivity contribution in [2.24, 2.45) is 0 Å². The number of carbonyl (C=O) groups is 2. The fourth-order valence-electron chi connectivity index (χ4n) is 1.55. The predicted octanol–water partition coefficient (Wildman–Crippen LogP) is -0.876. The number of hydrogen-bond acceptors (Lipinski definition) is 3. The summed E-state index contributed by atoms with van der Waals surface area (Å²) in [7, 11) is 0. The van der Waals surface area contributed by atoms with Gasteiger partial charge in [-0.05, 0) is 12.8 Å². The fraction of sp³-hybridized carbons (Fsp3) is 0.778. The van der Waals surface area contributed by atoms with Crippen LogP contribution >= 0.6 is 0 Å². The monoisotopic (exact) mass is 198 g/mol. The van der Waals surface area contributed by atoms with Crippen molar-refractivity contribution in [2.45, 2.75) is 18.9 Å². The van der Waals surface area contributed by atoms with Crippen LogP contribution in [0.3, 0.4) is 0 Å². The number of carbonyl (C=O) groups excluding carboxylic acids is 2. The molecule has 0 aromatic rings. The second-order valence-electron chi connectivity index (χ2n) is 3.63. The van der Waals surface area contributed by atoms with Gasteiger partial charge in [0.1, 0.15) is 0 Å². The minimum absolute atomic E-state index is 0.0106. The van der Waals surface area contributed by atoms with Gasteiger partial charge in [-0.25, -0.2) is 0 Å². The van der Waals surface area contributed by atoms with E-state index in [1.165, 1.54) is 0 Å². The van der Waals surface area contributed by atoms with Gasteiger partial charge in [0.05, 0.1) is 13.2 Å². The summed E-state index contributed by atoms with van der Waals surface area (Å²) in [5.41, 5.74) is 0. The van der Waals surface area contributed by atoms with Crippen molar-refractivity contribution < 1.29 is 14.3 Å². The summed E-state index contributed by atoms with van der Waals surface area (Å²) in [6.45, 7) is 2.26. The first kappa shape index (κ1) is 9.45. The van der Waals surface area contributed by atoms with Gasteiger partial charge >= 0.3 is 0 Å². The lowest BCUT2D eigenvalue weighted by Gasteiger charge is -2.14. The van der Waals surface area contributed by atoms with Gasteiger partial charge in [0.25, 0.3) is 5.91 Å². The molecule has 2 rings (SSSR count). The van der Waals surface area contributed by atoms with Crippen molar-refractivity contribution in [3.8, 4) is 0 Å². The molecule has 2 heterocycles. The van der Waals surface area contributed by atoms with E-state index >= 15 is 0 Å². The second-order valence-corrected chi connectivity index (χ2v) is 3.63. The fourth-order valence-corrected chi connectivity index (χ4v) is 1.55. The SMILES string of the molecule is O=C(NCC(=O)N1CCCC1)[C@@H]1CO1. The first-order chi connectivity index (χ1) is 6.77. The number of epoxide rings is 1. The van der Waals surface area contributed by atoms with Crippen LogP contribution in [0, 0.1) is 0 Å². The Hall–Kier alpha value is -1.10. The summed E-state index contributed by atoms with van der Waals surface area (Å²) in [5.74, 6) is -0.158. The van der Waals surface area contributed by atoms with Gasteiger partial charge in [0, 0.05) is 13.1 Å². The molecule has 1 N–H and O–H groups in total. The van der Waals surface area contributed by atoms with Crippen molar-refractivity contribution in [3.05, 3.63) is 0 Å². The number of ether oxygens (including phenoxy) is 1. The standard InChI is InChI=1S/C9H14N2O3/c12-8(11-3-1-2-4-11)5-10-9(13)7-6-14-7/h7H,1-6H2,(H,10,13)/t7-/m0/s1. The maximum absolute atomic E-state index is 11.5. The molecule has 0 saturated carbocycles. The van der Waals surface area contributed by atoms with E-state index in [0.717, 1.165) is 25.9 Å². The van der Waals surface area contributed by atoms with Crippen LogP contribution in [0.4, 0.5) is 0 Å². The lowest BCUT2D eigenvalue weighted by Crippen LogP contribution is -2.40. The maximum Gasteiger partial charge on any atom is 0.251 e. The molecule has 2 aliphatic heterocycles. The predicted molar refractivity (Wildman–Crippen MR) is 48.6 cm³/mol. The molecule has 0 spiro atoms. The highest BCUT2D eigenvalue weighted by Gasteiger charge is 2.31. The molecular formula is C9H14N2O3. The van der Waals surface area contributed by atoms with E-state index in [2.05, 4.69) is 5.32 Å². The highest BCUT2D eigenvalue weighted by atomic mass is 16.6. The number of amides is 2. The minimum Gasteiger partial charge on any atom is -0.363 e. The summed E-state index contributed by atoms with van der Waals surface area (Å²) < 4.78 is 4.79. The second kappa shape index (κ2) is 3.96. The maximum atomic E-state index is 11.5. The molecule has 0 aromatic heterocycles. The number of nitrogens with zero attached hydrogens (tertiary/aromatic N) is 1. The molecule has 0 aliphatic carbocycles. The zero-order chi connectivity index (χ0) is 9.97. The molecule has 0 aromatic carbocycles. The Labute approximate surface area is 82.4 Å². The third-order valence-electron chi connectivity index (χ3n) is 2.50. The summed E-state index contributed by atoms with van der Waals surface area (Å²) in [6, 6.07) is 0. The smallest absolute Gasteiger partial charge is 0.251 e. The Morgan fingerprint density at radius 3 is 2.57 bits per heavy atom. The van der Waals surface area contributed by atoms with Crippen LogP contribution in [0.25, 0.3) is 0 Å². The number of rotatable bonds is 3. The Bertz CT molecular complexity index is 244. The Morgan fingerprint density at radius 2 is 2.00 bits per heavy atom. The van der Waals surface area contributed by atoms with Crippen molar-refractivity contribution in [3.63, 3.8) is 0 Å². The lowest BCUT2D eigenvalue weighted by molar-refractivity contribution is -0.132. The van der Waals surface area contributed by atoms with E-state index in [0.29, 0.717) is 6.61 Å². The van der Waals surface area contributed by atoms with E-state index in [-0.39, 0.29) is 24.5 Å². The molecule has 0 unspecified atom stereocenters. The highest BCUT2D eigenvalue weighted by Crippen LogP contribution is 2.09. The van der Waals surface area contributed by atoms with Crippen LogP contribution in [-0.2, 0) is 14.3 Å². The van der Waals surface area contributed by atoms with Gasteiger partial charge in [-0.3, -0.25) is 9.59 Å². The summed E-state index contributed by atoms with van der Waals surface area (Å²) in [4.78, 5) is 24.4. The molecule has 2 fully saturated rings. The average Bonchev–Trinajstić information content (AvgIpc) is 2.90. The van der Waals surface area contributed by atoms with Crippen LogP contribution in [0.5, 0.6) is 0 Å².